The summed E-state index contributed by atoms with van der Waals surface area (Å²) >= 11 is 1.22. The zero-order chi connectivity index (χ0) is 26.6. The van der Waals surface area contributed by atoms with Crippen LogP contribution in [0.5, 0.6) is 0 Å². The summed E-state index contributed by atoms with van der Waals surface area (Å²) in [5.74, 6) is -4.14. The van der Waals surface area contributed by atoms with Crippen LogP contribution in [0.25, 0.3) is 0 Å². The average molecular weight is 522 g/mol. The number of fused-ring (bicyclic) bond motifs is 1. The maximum Gasteiger partial charge on any atom is 0.404 e. The summed E-state index contributed by atoms with van der Waals surface area (Å²) in [6, 6.07) is 3.96. The van der Waals surface area contributed by atoms with E-state index in [9.17, 15) is 33.9 Å². The maximum absolute atomic E-state index is 12.6. The minimum Gasteiger partial charge on any atom is -0.480 e. The summed E-state index contributed by atoms with van der Waals surface area (Å²) in [5.41, 5.74) is 11.1. The first-order valence-electron chi connectivity index (χ1n) is 10.5. The summed E-state index contributed by atoms with van der Waals surface area (Å²) in [6.45, 7) is -0.361. The van der Waals surface area contributed by atoms with Gasteiger partial charge in [-0.15, -0.1) is 11.8 Å². The first kappa shape index (κ1) is 26.5. The predicted octanol–water partition coefficient (Wildman–Crippen LogP) is -1.20. The van der Waals surface area contributed by atoms with Crippen molar-refractivity contribution >= 4 is 53.2 Å². The van der Waals surface area contributed by atoms with E-state index in [0.29, 0.717) is 11.3 Å². The summed E-state index contributed by atoms with van der Waals surface area (Å²) in [6.07, 6.45) is -1.56. The number of β-lactam (4-membered cyclic amide) rings is 1. The van der Waals surface area contributed by atoms with Crippen molar-refractivity contribution in [2.24, 2.45) is 11.5 Å². The van der Waals surface area contributed by atoms with Crippen LogP contribution in [-0.4, -0.2) is 80.7 Å². The average Bonchev–Trinajstić information content (AvgIpc) is 2.81. The zero-order valence-corrected chi connectivity index (χ0v) is 19.4. The molecule has 1 fully saturated rings. The van der Waals surface area contributed by atoms with Crippen LogP contribution < -0.4 is 22.1 Å². The molecule has 8 N–H and O–H groups in total. The number of anilines is 1. The molecule has 4 amide bonds. The van der Waals surface area contributed by atoms with Crippen LogP contribution in [0.1, 0.15) is 12.0 Å². The Hall–Kier alpha value is -4.11. The van der Waals surface area contributed by atoms with Crippen molar-refractivity contribution in [2.45, 2.75) is 30.3 Å². The molecule has 0 bridgehead atoms. The molecular weight excluding hydrogens is 498 g/mol. The number of primary amides is 1. The number of carbonyl (C=O) groups is 6. The Labute approximate surface area is 208 Å². The number of nitrogens with one attached hydrogen (secondary N) is 2. The normalized spacial score (nSPS) is 19.5. The number of amides is 4. The summed E-state index contributed by atoms with van der Waals surface area (Å²) < 4.78 is 4.66. The molecule has 2 heterocycles. The molecule has 2 aliphatic rings. The highest BCUT2D eigenvalue weighted by Gasteiger charge is 2.54. The highest BCUT2D eigenvalue weighted by Crippen LogP contribution is 2.40. The van der Waals surface area contributed by atoms with E-state index in [1.165, 1.54) is 23.9 Å². The van der Waals surface area contributed by atoms with E-state index in [1.807, 2.05) is 0 Å². The lowest BCUT2D eigenvalue weighted by Crippen LogP contribution is -2.70. The lowest BCUT2D eigenvalue weighted by molar-refractivity contribution is -0.150. The molecule has 192 valence electrons. The molecule has 0 aliphatic carbocycles. The van der Waals surface area contributed by atoms with Gasteiger partial charge in [0.1, 0.15) is 29.8 Å². The number of benzene rings is 1. The first-order valence-corrected chi connectivity index (χ1v) is 11.5. The standard InChI is InChI=1S/C21H23N5O9S/c22-12(19(30)31)6-14(28)24-11-3-1-9(2-4-11)5-13(27)25-15-17(29)26-16(20(32)33)10(7-35-21(23)34)8-36-18(15)26/h1-4,12,15,18H,5-8,22H2,(H2,23,34)(H,24,28)(H,25,27)(H,30,31)(H,32,33)/t12-,15-,18-/m1/s1. The fourth-order valence-corrected chi connectivity index (χ4v) is 4.89. The van der Waals surface area contributed by atoms with Gasteiger partial charge in [0.05, 0.1) is 12.8 Å². The molecule has 15 heteroatoms. The smallest absolute Gasteiger partial charge is 0.404 e. The lowest BCUT2D eigenvalue weighted by Gasteiger charge is -2.49. The molecule has 0 unspecified atom stereocenters. The van der Waals surface area contributed by atoms with Crippen molar-refractivity contribution in [3.63, 3.8) is 0 Å². The van der Waals surface area contributed by atoms with E-state index in [4.69, 9.17) is 16.6 Å². The number of hydrogen-bond donors (Lipinski definition) is 6. The second-order valence-electron chi connectivity index (χ2n) is 7.89. The van der Waals surface area contributed by atoms with E-state index in [0.717, 1.165) is 4.90 Å². The Bertz CT molecular complexity index is 1140. The number of carboxylic acids is 2. The molecule has 0 spiro atoms. The van der Waals surface area contributed by atoms with Gasteiger partial charge < -0.3 is 37.1 Å². The van der Waals surface area contributed by atoms with Crippen LogP contribution in [0.15, 0.2) is 35.5 Å². The van der Waals surface area contributed by atoms with Crippen molar-refractivity contribution in [1.82, 2.24) is 10.2 Å². The van der Waals surface area contributed by atoms with Crippen LogP contribution in [0.4, 0.5) is 10.5 Å². The van der Waals surface area contributed by atoms with Crippen LogP contribution in [0.2, 0.25) is 0 Å². The second kappa shape index (κ2) is 11.1. The van der Waals surface area contributed by atoms with E-state index in [-0.39, 0.29) is 30.1 Å². The number of thioether (sulfide) groups is 1. The minimum atomic E-state index is -1.36. The van der Waals surface area contributed by atoms with Gasteiger partial charge >= 0.3 is 18.0 Å². The molecule has 0 radical (unpaired) electrons. The second-order valence-corrected chi connectivity index (χ2v) is 9.00. The van der Waals surface area contributed by atoms with Crippen LogP contribution >= 0.6 is 11.8 Å². The van der Waals surface area contributed by atoms with Gasteiger partial charge in [-0.25, -0.2) is 9.59 Å². The third-order valence-corrected chi connectivity index (χ3v) is 6.62. The third-order valence-electron chi connectivity index (χ3n) is 5.28. The Balaban J connectivity index is 1.56. The number of hydrogen-bond acceptors (Lipinski definition) is 9. The molecule has 1 aromatic carbocycles. The number of rotatable bonds is 10. The van der Waals surface area contributed by atoms with Gasteiger partial charge in [0, 0.05) is 17.0 Å². The van der Waals surface area contributed by atoms with E-state index in [1.54, 1.807) is 12.1 Å². The number of ether oxygens (including phenoxy) is 1. The monoisotopic (exact) mass is 521 g/mol. The molecule has 1 saturated heterocycles. The lowest BCUT2D eigenvalue weighted by atomic mass is 10.0. The Morgan fingerprint density at radius 3 is 2.39 bits per heavy atom. The van der Waals surface area contributed by atoms with Crippen molar-refractivity contribution in [2.75, 3.05) is 17.7 Å². The molecule has 3 atom stereocenters. The van der Waals surface area contributed by atoms with E-state index in [2.05, 4.69) is 15.4 Å². The molecular formula is C21H23N5O9S. The quantitative estimate of drug-likeness (QED) is 0.200. The van der Waals surface area contributed by atoms with Crippen molar-refractivity contribution in [3.8, 4) is 0 Å². The van der Waals surface area contributed by atoms with Gasteiger partial charge in [-0.05, 0) is 17.7 Å². The Morgan fingerprint density at radius 2 is 1.81 bits per heavy atom. The molecule has 2 aliphatic heterocycles. The predicted molar refractivity (Wildman–Crippen MR) is 124 cm³/mol. The zero-order valence-electron chi connectivity index (χ0n) is 18.6. The van der Waals surface area contributed by atoms with Crippen LogP contribution in [0, 0.1) is 0 Å². The van der Waals surface area contributed by atoms with Crippen molar-refractivity contribution in [3.05, 3.63) is 41.1 Å². The number of carbonyl (C=O) groups excluding carboxylic acids is 4. The van der Waals surface area contributed by atoms with Gasteiger partial charge in [0.15, 0.2) is 0 Å². The van der Waals surface area contributed by atoms with Gasteiger partial charge in [-0.3, -0.25) is 24.1 Å². The van der Waals surface area contributed by atoms with Crippen LogP contribution in [-0.2, 0) is 35.1 Å². The molecule has 0 aromatic heterocycles. The topological polar surface area (TPSA) is 231 Å². The first-order chi connectivity index (χ1) is 17.0. The highest BCUT2D eigenvalue weighted by molar-refractivity contribution is 8.00. The number of nitrogens with two attached hydrogens (primary N) is 2. The van der Waals surface area contributed by atoms with Crippen molar-refractivity contribution in [1.29, 1.82) is 0 Å². The van der Waals surface area contributed by atoms with Gasteiger partial charge in [0.2, 0.25) is 11.8 Å². The summed E-state index contributed by atoms with van der Waals surface area (Å²) in [7, 11) is 0. The molecule has 1 aromatic rings. The largest absolute Gasteiger partial charge is 0.480 e. The summed E-state index contributed by atoms with van der Waals surface area (Å²) in [4.78, 5) is 71.3. The number of carboxylic acid groups (broad SMARTS) is 2. The minimum absolute atomic E-state index is 0.0847. The number of aliphatic carboxylic acids is 2. The Morgan fingerprint density at radius 1 is 1.14 bits per heavy atom. The van der Waals surface area contributed by atoms with E-state index < -0.39 is 59.6 Å². The number of nitrogens with zero attached hydrogens (tertiary/aromatic N) is 1. The van der Waals surface area contributed by atoms with Gasteiger partial charge in [-0.2, -0.15) is 0 Å². The fourth-order valence-electron chi connectivity index (χ4n) is 3.57. The van der Waals surface area contributed by atoms with Crippen LogP contribution in [0.3, 0.4) is 0 Å². The van der Waals surface area contributed by atoms with Gasteiger partial charge in [-0.1, -0.05) is 12.1 Å². The molecule has 14 nitrogen and oxygen atoms in total. The maximum atomic E-state index is 12.6. The van der Waals surface area contributed by atoms with Crippen molar-refractivity contribution < 1.29 is 43.7 Å². The van der Waals surface area contributed by atoms with Gasteiger partial charge in [0.25, 0.3) is 5.91 Å². The third kappa shape index (κ3) is 6.11. The fraction of sp³-hybridized carbons (Fsp3) is 0.333. The molecule has 36 heavy (non-hydrogen) atoms. The SMILES string of the molecule is NC(=O)OCC1=C(C(=O)O)N2C(=O)[C@@H](NC(=O)Cc3ccc(NC(=O)C[C@@H](N)C(=O)O)cc3)[C@H]2SC1. The molecule has 3 rings (SSSR count). The molecule has 0 saturated carbocycles. The summed E-state index contributed by atoms with van der Waals surface area (Å²) in [5, 5.41) is 22.8. The highest BCUT2D eigenvalue weighted by atomic mass is 32.2. The van der Waals surface area contributed by atoms with E-state index >= 15 is 0 Å². The Kier molecular flexibility index (Phi) is 8.16.